The second-order valence-electron chi connectivity index (χ2n) is 5.24. The van der Waals surface area contributed by atoms with Crippen LogP contribution in [0, 0.1) is 5.82 Å². The third-order valence-electron chi connectivity index (χ3n) is 3.76. The maximum absolute atomic E-state index is 13.1. The van der Waals surface area contributed by atoms with Crippen LogP contribution in [0.2, 0.25) is 0 Å². The normalized spacial score (nSPS) is 12.1. The van der Waals surface area contributed by atoms with Crippen molar-refractivity contribution in [2.75, 3.05) is 19.0 Å². The summed E-state index contributed by atoms with van der Waals surface area (Å²) in [6.45, 7) is 0.249. The number of halogens is 1. The zero-order valence-electron chi connectivity index (χ0n) is 13.2. The Morgan fingerprint density at radius 3 is 2.79 bits per heavy atom. The minimum absolute atomic E-state index is 0.249. The van der Waals surface area contributed by atoms with E-state index in [0.29, 0.717) is 17.0 Å². The van der Waals surface area contributed by atoms with E-state index >= 15 is 0 Å². The molecule has 2 heterocycles. The largest absolute Gasteiger partial charge is 0.468 e. The summed E-state index contributed by atoms with van der Waals surface area (Å²) in [6.07, 6.45) is 3.08. The Hall–Kier alpha value is -3.03. The number of anilines is 1. The molecule has 2 aromatic heterocycles. The fraction of sp³-hybridized carbons (Fsp3) is 0.250. The highest BCUT2D eigenvalue weighted by atomic mass is 19.1. The summed E-state index contributed by atoms with van der Waals surface area (Å²) in [6, 6.07) is 5.76. The number of hydrogen-bond donors (Lipinski definition) is 1. The molecule has 0 radical (unpaired) electrons. The van der Waals surface area contributed by atoms with Crippen molar-refractivity contribution in [3.63, 3.8) is 0 Å². The standard InChI is InChI=1S/C16H16FN5O2/c1-22-15-13(8-21-22)14(19-9-20-15)18-7-12(16(23)24-2)10-3-5-11(17)6-4-10/h3-6,8-9,12H,7H2,1-2H3,(H,18,19,20)/t12-/m0/s1. The number of hydrogen-bond acceptors (Lipinski definition) is 6. The minimum atomic E-state index is -0.586. The molecule has 0 unspecified atom stereocenters. The molecule has 0 saturated carbocycles. The fourth-order valence-corrected chi connectivity index (χ4v) is 2.48. The van der Waals surface area contributed by atoms with Crippen LogP contribution in [0.25, 0.3) is 11.0 Å². The average molecular weight is 329 g/mol. The number of carbonyl (C=O) groups is 1. The summed E-state index contributed by atoms with van der Waals surface area (Å²) in [5.74, 6) is -0.782. The monoisotopic (exact) mass is 329 g/mol. The molecule has 124 valence electrons. The summed E-state index contributed by atoms with van der Waals surface area (Å²) in [7, 11) is 3.11. The van der Waals surface area contributed by atoms with Gasteiger partial charge in [-0.25, -0.2) is 14.4 Å². The zero-order chi connectivity index (χ0) is 17.1. The van der Waals surface area contributed by atoms with E-state index in [1.807, 2.05) is 0 Å². The topological polar surface area (TPSA) is 81.9 Å². The molecule has 0 saturated heterocycles. The van der Waals surface area contributed by atoms with Crippen LogP contribution in [0.15, 0.2) is 36.8 Å². The summed E-state index contributed by atoms with van der Waals surface area (Å²) in [5.41, 5.74) is 1.34. The number of aryl methyl sites for hydroxylation is 1. The Labute approximate surface area is 137 Å². The highest BCUT2D eigenvalue weighted by molar-refractivity contribution is 5.86. The van der Waals surface area contributed by atoms with Crippen LogP contribution < -0.4 is 5.32 Å². The van der Waals surface area contributed by atoms with Crippen LogP contribution in [-0.4, -0.2) is 39.4 Å². The van der Waals surface area contributed by atoms with Gasteiger partial charge in [-0.15, -0.1) is 0 Å². The molecule has 0 amide bonds. The van der Waals surface area contributed by atoms with E-state index in [-0.39, 0.29) is 12.4 Å². The van der Waals surface area contributed by atoms with Gasteiger partial charge in [-0.1, -0.05) is 12.1 Å². The summed E-state index contributed by atoms with van der Waals surface area (Å²) in [4.78, 5) is 20.4. The molecular weight excluding hydrogens is 313 g/mol. The lowest BCUT2D eigenvalue weighted by Gasteiger charge is -2.16. The van der Waals surface area contributed by atoms with Gasteiger partial charge in [0.25, 0.3) is 0 Å². The lowest BCUT2D eigenvalue weighted by atomic mass is 9.99. The third-order valence-corrected chi connectivity index (χ3v) is 3.76. The maximum atomic E-state index is 13.1. The van der Waals surface area contributed by atoms with Gasteiger partial charge in [0.2, 0.25) is 0 Å². The first kappa shape index (κ1) is 15.9. The predicted molar refractivity (Wildman–Crippen MR) is 86.0 cm³/mol. The molecule has 0 aliphatic carbocycles. The van der Waals surface area contributed by atoms with Gasteiger partial charge in [0.15, 0.2) is 5.65 Å². The average Bonchev–Trinajstić information content (AvgIpc) is 2.98. The van der Waals surface area contributed by atoms with Crippen molar-refractivity contribution >= 4 is 22.8 Å². The number of aromatic nitrogens is 4. The van der Waals surface area contributed by atoms with Crippen LogP contribution >= 0.6 is 0 Å². The Morgan fingerprint density at radius 2 is 2.08 bits per heavy atom. The van der Waals surface area contributed by atoms with Crippen molar-refractivity contribution in [1.82, 2.24) is 19.7 Å². The van der Waals surface area contributed by atoms with E-state index in [1.165, 1.54) is 25.6 Å². The van der Waals surface area contributed by atoms with E-state index in [2.05, 4.69) is 20.4 Å². The van der Waals surface area contributed by atoms with Gasteiger partial charge in [0, 0.05) is 13.6 Å². The van der Waals surface area contributed by atoms with Gasteiger partial charge in [-0.05, 0) is 17.7 Å². The van der Waals surface area contributed by atoms with E-state index in [0.717, 1.165) is 5.39 Å². The van der Waals surface area contributed by atoms with Gasteiger partial charge < -0.3 is 10.1 Å². The van der Waals surface area contributed by atoms with Crippen LogP contribution in [0.3, 0.4) is 0 Å². The molecule has 8 heteroatoms. The SMILES string of the molecule is COC(=O)[C@@H](CNc1ncnc2c1cnn2C)c1ccc(F)cc1. The zero-order valence-corrected chi connectivity index (χ0v) is 13.2. The summed E-state index contributed by atoms with van der Waals surface area (Å²) in [5, 5.41) is 8.03. The molecular formula is C16H16FN5O2. The molecule has 0 bridgehead atoms. The van der Waals surface area contributed by atoms with E-state index < -0.39 is 11.9 Å². The summed E-state index contributed by atoms with van der Waals surface area (Å²) < 4.78 is 19.6. The smallest absolute Gasteiger partial charge is 0.314 e. The quantitative estimate of drug-likeness (QED) is 0.720. The van der Waals surface area contributed by atoms with Crippen LogP contribution in [0.4, 0.5) is 10.2 Å². The summed E-state index contributed by atoms with van der Waals surface area (Å²) >= 11 is 0. The van der Waals surface area contributed by atoms with E-state index in [4.69, 9.17) is 4.74 Å². The number of esters is 1. The van der Waals surface area contributed by atoms with Crippen molar-refractivity contribution < 1.29 is 13.9 Å². The van der Waals surface area contributed by atoms with Gasteiger partial charge in [-0.3, -0.25) is 9.48 Å². The molecule has 1 atom stereocenters. The number of carbonyl (C=O) groups excluding carboxylic acids is 1. The van der Waals surface area contributed by atoms with Crippen molar-refractivity contribution in [2.24, 2.45) is 7.05 Å². The number of methoxy groups -OCH3 is 1. The molecule has 1 N–H and O–H groups in total. The Bertz CT molecular complexity index is 863. The van der Waals surface area contributed by atoms with Crippen molar-refractivity contribution in [1.29, 1.82) is 0 Å². The number of ether oxygens (including phenoxy) is 1. The van der Waals surface area contributed by atoms with Crippen molar-refractivity contribution in [3.05, 3.63) is 48.2 Å². The van der Waals surface area contributed by atoms with Crippen LogP contribution in [0.1, 0.15) is 11.5 Å². The highest BCUT2D eigenvalue weighted by Gasteiger charge is 2.22. The minimum Gasteiger partial charge on any atom is -0.468 e. The van der Waals surface area contributed by atoms with Gasteiger partial charge in [-0.2, -0.15) is 5.10 Å². The van der Waals surface area contributed by atoms with E-state index in [9.17, 15) is 9.18 Å². The lowest BCUT2D eigenvalue weighted by Crippen LogP contribution is -2.23. The first-order valence-corrected chi connectivity index (χ1v) is 7.30. The Kier molecular flexibility index (Phi) is 4.37. The lowest BCUT2D eigenvalue weighted by molar-refractivity contribution is -0.142. The highest BCUT2D eigenvalue weighted by Crippen LogP contribution is 2.22. The second-order valence-corrected chi connectivity index (χ2v) is 5.24. The third kappa shape index (κ3) is 3.03. The number of rotatable bonds is 5. The molecule has 3 aromatic rings. The van der Waals surface area contributed by atoms with Gasteiger partial charge >= 0.3 is 5.97 Å². The first-order valence-electron chi connectivity index (χ1n) is 7.30. The van der Waals surface area contributed by atoms with E-state index in [1.54, 1.807) is 30.1 Å². The van der Waals surface area contributed by atoms with Crippen LogP contribution in [-0.2, 0) is 16.6 Å². The predicted octanol–water partition coefficient (Wildman–Crippen LogP) is 1.87. The van der Waals surface area contributed by atoms with Gasteiger partial charge in [0.1, 0.15) is 18.0 Å². The molecule has 3 rings (SSSR count). The Morgan fingerprint density at radius 1 is 1.33 bits per heavy atom. The molecule has 1 aromatic carbocycles. The first-order chi connectivity index (χ1) is 11.6. The molecule has 0 fully saturated rings. The van der Waals surface area contributed by atoms with Crippen molar-refractivity contribution in [2.45, 2.75) is 5.92 Å². The fourth-order valence-electron chi connectivity index (χ4n) is 2.48. The number of fused-ring (bicyclic) bond motifs is 1. The molecule has 0 aliphatic rings. The molecule has 24 heavy (non-hydrogen) atoms. The number of benzene rings is 1. The molecule has 0 spiro atoms. The number of nitrogens with zero attached hydrogens (tertiary/aromatic N) is 4. The molecule has 7 nitrogen and oxygen atoms in total. The van der Waals surface area contributed by atoms with Gasteiger partial charge in [0.05, 0.1) is 24.6 Å². The molecule has 0 aliphatic heterocycles. The second kappa shape index (κ2) is 6.61. The van der Waals surface area contributed by atoms with Crippen molar-refractivity contribution in [3.8, 4) is 0 Å². The maximum Gasteiger partial charge on any atom is 0.314 e. The Balaban J connectivity index is 1.85. The number of nitrogens with one attached hydrogen (secondary N) is 1. The van der Waals surface area contributed by atoms with Crippen LogP contribution in [0.5, 0.6) is 0 Å².